The van der Waals surface area contributed by atoms with Gasteiger partial charge in [-0.05, 0) is 48.0 Å². The van der Waals surface area contributed by atoms with Crippen LogP contribution >= 0.6 is 0 Å². The lowest BCUT2D eigenvalue weighted by Gasteiger charge is -2.14. The number of aromatic nitrogens is 1. The van der Waals surface area contributed by atoms with Crippen LogP contribution in [0.3, 0.4) is 0 Å². The van der Waals surface area contributed by atoms with Gasteiger partial charge in [0.15, 0.2) is 16.9 Å². The highest BCUT2D eigenvalue weighted by atomic mass is 16.5. The van der Waals surface area contributed by atoms with Gasteiger partial charge in [-0.3, -0.25) is 9.59 Å². The summed E-state index contributed by atoms with van der Waals surface area (Å²) in [5.41, 5.74) is 4.65. The van der Waals surface area contributed by atoms with Crippen LogP contribution < -0.4 is 20.3 Å². The smallest absolute Gasteiger partial charge is 0.260 e. The number of nitrogens with one attached hydrogen (secondary N) is 1. The van der Waals surface area contributed by atoms with Gasteiger partial charge in [-0.1, -0.05) is 24.3 Å². The number of fused-ring (bicyclic) bond motifs is 2. The van der Waals surface area contributed by atoms with Gasteiger partial charge in [0.2, 0.25) is 0 Å². The lowest BCUT2D eigenvalue weighted by Crippen LogP contribution is -2.25. The second kappa shape index (κ2) is 8.71. The summed E-state index contributed by atoms with van der Waals surface area (Å²) in [5, 5.41) is 5.19. The molecule has 156 valence electrons. The number of benzene rings is 3. The SMILES string of the molecule is COc1ccc(C=NNC(=O)Cn2c3ccccc3c(=O)c3ccccc32)cc1OC. The molecule has 0 aliphatic heterocycles. The molecule has 4 aromatic rings. The molecule has 0 unspecified atom stereocenters. The number of hydrogen-bond donors (Lipinski definition) is 1. The van der Waals surface area contributed by atoms with Crippen molar-refractivity contribution in [1.29, 1.82) is 0 Å². The number of pyridine rings is 1. The number of methoxy groups -OCH3 is 2. The van der Waals surface area contributed by atoms with Crippen molar-refractivity contribution >= 4 is 33.9 Å². The summed E-state index contributed by atoms with van der Waals surface area (Å²) in [6.07, 6.45) is 1.53. The van der Waals surface area contributed by atoms with Gasteiger partial charge in [0.1, 0.15) is 6.54 Å². The molecule has 3 aromatic carbocycles. The van der Waals surface area contributed by atoms with E-state index in [2.05, 4.69) is 10.5 Å². The van der Waals surface area contributed by atoms with Crippen molar-refractivity contribution < 1.29 is 14.3 Å². The molecule has 31 heavy (non-hydrogen) atoms. The molecule has 0 fully saturated rings. The minimum Gasteiger partial charge on any atom is -0.493 e. The van der Waals surface area contributed by atoms with Crippen molar-refractivity contribution in [2.75, 3.05) is 14.2 Å². The van der Waals surface area contributed by atoms with E-state index in [1.54, 1.807) is 44.6 Å². The van der Waals surface area contributed by atoms with Gasteiger partial charge in [0.25, 0.3) is 5.91 Å². The number of hydrazone groups is 1. The zero-order chi connectivity index (χ0) is 21.8. The van der Waals surface area contributed by atoms with Crippen LogP contribution in [0.15, 0.2) is 76.6 Å². The van der Waals surface area contributed by atoms with Crippen molar-refractivity contribution in [2.45, 2.75) is 6.54 Å². The Hall–Kier alpha value is -4.13. The van der Waals surface area contributed by atoms with E-state index < -0.39 is 0 Å². The summed E-state index contributed by atoms with van der Waals surface area (Å²) >= 11 is 0. The highest BCUT2D eigenvalue weighted by molar-refractivity contribution is 5.95. The van der Waals surface area contributed by atoms with Crippen LogP contribution in [-0.2, 0) is 11.3 Å². The van der Waals surface area contributed by atoms with Crippen LogP contribution in [0.25, 0.3) is 21.8 Å². The van der Waals surface area contributed by atoms with Crippen LogP contribution in [0.4, 0.5) is 0 Å². The first kappa shape index (κ1) is 20.2. The zero-order valence-electron chi connectivity index (χ0n) is 17.2. The minimum absolute atomic E-state index is 0.0184. The van der Waals surface area contributed by atoms with Gasteiger partial charge < -0.3 is 14.0 Å². The topological polar surface area (TPSA) is 81.9 Å². The van der Waals surface area contributed by atoms with E-state index in [1.807, 2.05) is 41.0 Å². The van der Waals surface area contributed by atoms with Crippen LogP contribution in [-0.4, -0.2) is 30.9 Å². The summed E-state index contributed by atoms with van der Waals surface area (Å²) in [5.74, 6) is 0.875. The third-order valence-corrected chi connectivity index (χ3v) is 4.99. The maximum Gasteiger partial charge on any atom is 0.260 e. The molecule has 7 nitrogen and oxygen atoms in total. The Balaban J connectivity index is 1.60. The largest absolute Gasteiger partial charge is 0.493 e. The number of nitrogens with zero attached hydrogens (tertiary/aromatic N) is 2. The summed E-state index contributed by atoms with van der Waals surface area (Å²) in [4.78, 5) is 25.4. The number of carbonyl (C=O) groups is 1. The van der Waals surface area contributed by atoms with Crippen LogP contribution in [0.1, 0.15) is 5.56 Å². The maximum absolute atomic E-state index is 12.8. The summed E-state index contributed by atoms with van der Waals surface area (Å²) in [6, 6.07) is 19.9. The first-order valence-electron chi connectivity index (χ1n) is 9.66. The normalized spacial score (nSPS) is 11.2. The number of hydrogen-bond acceptors (Lipinski definition) is 5. The molecule has 4 rings (SSSR count). The molecule has 0 saturated heterocycles. The Morgan fingerprint density at radius 3 is 2.16 bits per heavy atom. The van der Waals surface area contributed by atoms with Gasteiger partial charge in [-0.25, -0.2) is 5.43 Å². The number of rotatable bonds is 6. The number of amides is 1. The van der Waals surface area contributed by atoms with Gasteiger partial charge in [0.05, 0.1) is 31.5 Å². The highest BCUT2D eigenvalue weighted by Crippen LogP contribution is 2.26. The Bertz CT molecular complexity index is 1300. The number of para-hydroxylation sites is 2. The fourth-order valence-electron chi connectivity index (χ4n) is 3.54. The zero-order valence-corrected chi connectivity index (χ0v) is 17.2. The minimum atomic E-state index is -0.310. The molecule has 1 aromatic heterocycles. The summed E-state index contributed by atoms with van der Waals surface area (Å²) in [6.45, 7) is 0.0184. The van der Waals surface area contributed by atoms with E-state index >= 15 is 0 Å². The first-order valence-corrected chi connectivity index (χ1v) is 9.66. The fraction of sp³-hybridized carbons (Fsp3) is 0.125. The monoisotopic (exact) mass is 415 g/mol. The van der Waals surface area contributed by atoms with E-state index in [0.717, 1.165) is 5.56 Å². The Labute approximate surface area is 178 Å². The van der Waals surface area contributed by atoms with Gasteiger partial charge in [-0.15, -0.1) is 0 Å². The van der Waals surface area contributed by atoms with Crippen LogP contribution in [0, 0.1) is 0 Å². The molecule has 0 aliphatic rings. The van der Waals surface area contributed by atoms with E-state index in [0.29, 0.717) is 33.3 Å². The standard InChI is InChI=1S/C24H21N3O4/c1-30-21-12-11-16(13-22(21)31-2)14-25-26-23(28)15-27-19-9-5-3-7-17(19)24(29)18-8-4-6-10-20(18)27/h3-14H,15H2,1-2H3,(H,26,28). The molecule has 0 saturated carbocycles. The second-order valence-corrected chi connectivity index (χ2v) is 6.86. The van der Waals surface area contributed by atoms with E-state index in [1.165, 1.54) is 6.21 Å². The van der Waals surface area contributed by atoms with Crippen LogP contribution in [0.5, 0.6) is 11.5 Å². The van der Waals surface area contributed by atoms with Crippen molar-refractivity contribution in [3.8, 4) is 11.5 Å². The van der Waals surface area contributed by atoms with Gasteiger partial charge in [-0.2, -0.15) is 5.10 Å². The Morgan fingerprint density at radius 2 is 1.55 bits per heavy atom. The lowest BCUT2D eigenvalue weighted by molar-refractivity contribution is -0.121. The van der Waals surface area contributed by atoms with Crippen molar-refractivity contribution in [3.63, 3.8) is 0 Å². The summed E-state index contributed by atoms with van der Waals surface area (Å²) < 4.78 is 12.3. The molecular weight excluding hydrogens is 394 g/mol. The lowest BCUT2D eigenvalue weighted by atomic mass is 10.1. The second-order valence-electron chi connectivity index (χ2n) is 6.86. The average Bonchev–Trinajstić information content (AvgIpc) is 2.81. The van der Waals surface area contributed by atoms with Crippen molar-refractivity contribution in [1.82, 2.24) is 9.99 Å². The third-order valence-electron chi connectivity index (χ3n) is 4.99. The Morgan fingerprint density at radius 1 is 0.935 bits per heavy atom. The maximum atomic E-state index is 12.8. The molecule has 0 spiro atoms. The predicted octanol–water partition coefficient (Wildman–Crippen LogP) is 3.32. The molecule has 0 atom stereocenters. The first-order chi connectivity index (χ1) is 15.1. The van der Waals surface area contributed by atoms with Crippen LogP contribution in [0.2, 0.25) is 0 Å². The fourth-order valence-corrected chi connectivity index (χ4v) is 3.54. The molecule has 0 aliphatic carbocycles. The molecule has 1 heterocycles. The third kappa shape index (κ3) is 3.98. The average molecular weight is 415 g/mol. The molecular formula is C24H21N3O4. The van der Waals surface area contributed by atoms with Crippen molar-refractivity contribution in [3.05, 3.63) is 82.5 Å². The van der Waals surface area contributed by atoms with Gasteiger partial charge in [0, 0.05) is 10.8 Å². The summed E-state index contributed by atoms with van der Waals surface area (Å²) in [7, 11) is 3.12. The molecule has 1 amide bonds. The highest BCUT2D eigenvalue weighted by Gasteiger charge is 2.12. The van der Waals surface area contributed by atoms with Crippen molar-refractivity contribution in [2.24, 2.45) is 5.10 Å². The Kier molecular flexibility index (Phi) is 5.66. The molecule has 0 radical (unpaired) electrons. The number of ether oxygens (including phenoxy) is 2. The van der Waals surface area contributed by atoms with Gasteiger partial charge >= 0.3 is 0 Å². The quantitative estimate of drug-likeness (QED) is 0.298. The van der Waals surface area contributed by atoms with E-state index in [-0.39, 0.29) is 17.9 Å². The molecule has 1 N–H and O–H groups in total. The number of carbonyl (C=O) groups excluding carboxylic acids is 1. The molecule has 0 bridgehead atoms. The van der Waals surface area contributed by atoms with E-state index in [9.17, 15) is 9.59 Å². The van der Waals surface area contributed by atoms with E-state index in [4.69, 9.17) is 9.47 Å². The predicted molar refractivity (Wildman–Crippen MR) is 121 cm³/mol. The molecule has 7 heteroatoms.